The molecule has 0 radical (unpaired) electrons. The first-order chi connectivity index (χ1) is 13.8. The number of nitrogens with zero attached hydrogens (tertiary/aromatic N) is 4. The predicted octanol–water partition coefficient (Wildman–Crippen LogP) is 3.77. The van der Waals surface area contributed by atoms with Crippen LogP contribution in [0.25, 0.3) is 11.1 Å². The van der Waals surface area contributed by atoms with Gasteiger partial charge in [0.25, 0.3) is 0 Å². The molecule has 0 saturated carbocycles. The van der Waals surface area contributed by atoms with E-state index in [-0.39, 0.29) is 11.8 Å². The van der Waals surface area contributed by atoms with Crippen LogP contribution in [0.3, 0.4) is 0 Å². The van der Waals surface area contributed by atoms with Crippen molar-refractivity contribution in [1.82, 2.24) is 15.0 Å². The van der Waals surface area contributed by atoms with Crippen LogP contribution in [0.4, 0.5) is 35.4 Å². The van der Waals surface area contributed by atoms with Crippen LogP contribution in [0, 0.1) is 12.5 Å². The minimum Gasteiger partial charge on any atom is -0.368 e. The minimum absolute atomic E-state index is 0.114. The lowest BCUT2D eigenvalue weighted by Gasteiger charge is -2.17. The molecule has 3 rings (SSSR count). The number of benzene rings is 1. The second-order valence-corrected chi connectivity index (χ2v) is 5.70. The number of nitrogens with one attached hydrogen (secondary N) is 1. The molecular weight excluding hydrogens is 385 g/mol. The molecule has 29 heavy (non-hydrogen) atoms. The molecule has 0 saturated heterocycles. The summed E-state index contributed by atoms with van der Waals surface area (Å²) in [4.78, 5) is 24.9. The lowest BCUT2D eigenvalue weighted by Crippen LogP contribution is -2.31. The molecule has 2 heterocycles. The number of carbonyl (C=O) groups is 1. The third-order valence-corrected chi connectivity index (χ3v) is 3.76. The van der Waals surface area contributed by atoms with Gasteiger partial charge >= 0.3 is 12.2 Å². The van der Waals surface area contributed by atoms with E-state index in [1.54, 1.807) is 24.3 Å². The van der Waals surface area contributed by atoms with Crippen molar-refractivity contribution in [3.8, 4) is 23.6 Å². The van der Waals surface area contributed by atoms with Gasteiger partial charge in [-0.05, 0) is 29.8 Å². The van der Waals surface area contributed by atoms with Gasteiger partial charge in [0.15, 0.2) is 0 Å². The molecule has 10 heteroatoms. The first-order valence-corrected chi connectivity index (χ1v) is 8.06. The molecule has 3 N–H and O–H groups in total. The van der Waals surface area contributed by atoms with Crippen molar-refractivity contribution in [2.24, 2.45) is 0 Å². The van der Waals surface area contributed by atoms with Gasteiger partial charge in [-0.25, -0.2) is 24.6 Å². The maximum Gasteiger partial charge on any atom is 0.416 e. The van der Waals surface area contributed by atoms with Gasteiger partial charge in [-0.1, -0.05) is 18.6 Å². The monoisotopic (exact) mass is 398 g/mol. The van der Waals surface area contributed by atoms with Gasteiger partial charge < -0.3 is 5.73 Å². The van der Waals surface area contributed by atoms with Gasteiger partial charge in [0.1, 0.15) is 5.82 Å². The van der Waals surface area contributed by atoms with Crippen molar-refractivity contribution < 1.29 is 18.0 Å². The Bertz CT molecular complexity index is 1080. The standard InChI is InChI=1S/C19H13F3N6O/c1-2-28(18(29)27-16-9-14(6-7-24-16)19(20,21)22)15-5-3-4-12(8-15)13-10-25-17(23)26-11-13/h1,3-11H,(H2,23,25,26)(H,24,27,29). The maximum atomic E-state index is 12.8. The fourth-order valence-electron chi connectivity index (χ4n) is 2.40. The van der Waals surface area contributed by atoms with Crippen LogP contribution in [-0.4, -0.2) is 21.0 Å². The number of rotatable bonds is 3. The van der Waals surface area contributed by atoms with Crippen LogP contribution < -0.4 is 16.0 Å². The van der Waals surface area contributed by atoms with Crippen molar-refractivity contribution in [1.29, 1.82) is 0 Å². The number of terminal acetylenes is 1. The van der Waals surface area contributed by atoms with E-state index in [1.165, 1.54) is 12.4 Å². The second-order valence-electron chi connectivity index (χ2n) is 5.70. The molecular formula is C19H13F3N6O. The Morgan fingerprint density at radius 3 is 2.48 bits per heavy atom. The Morgan fingerprint density at radius 1 is 1.10 bits per heavy atom. The Labute approximate surface area is 163 Å². The maximum absolute atomic E-state index is 12.8. The highest BCUT2D eigenvalue weighted by molar-refractivity contribution is 6.03. The van der Waals surface area contributed by atoms with Crippen LogP contribution in [-0.2, 0) is 6.18 Å². The van der Waals surface area contributed by atoms with E-state index in [1.807, 2.05) is 0 Å². The van der Waals surface area contributed by atoms with Crippen LogP contribution in [0.2, 0.25) is 0 Å². The summed E-state index contributed by atoms with van der Waals surface area (Å²) in [6, 6.07) is 9.44. The van der Waals surface area contributed by atoms with Crippen molar-refractivity contribution >= 4 is 23.5 Å². The van der Waals surface area contributed by atoms with Crippen LogP contribution in [0.1, 0.15) is 5.56 Å². The molecule has 0 atom stereocenters. The molecule has 2 amide bonds. The van der Waals surface area contributed by atoms with E-state index < -0.39 is 17.8 Å². The highest BCUT2D eigenvalue weighted by atomic mass is 19.4. The van der Waals surface area contributed by atoms with Gasteiger partial charge in [0, 0.05) is 30.2 Å². The zero-order valence-corrected chi connectivity index (χ0v) is 14.7. The number of hydrogen-bond acceptors (Lipinski definition) is 5. The number of halogens is 3. The van der Waals surface area contributed by atoms with Gasteiger partial charge in [0.05, 0.1) is 11.3 Å². The lowest BCUT2D eigenvalue weighted by molar-refractivity contribution is -0.137. The lowest BCUT2D eigenvalue weighted by atomic mass is 10.1. The molecule has 0 aliphatic carbocycles. The summed E-state index contributed by atoms with van der Waals surface area (Å²) < 4.78 is 38.5. The zero-order valence-electron chi connectivity index (χ0n) is 14.7. The zero-order chi connectivity index (χ0) is 21.0. The summed E-state index contributed by atoms with van der Waals surface area (Å²) in [5.74, 6) is -0.170. The van der Waals surface area contributed by atoms with E-state index in [0.717, 1.165) is 17.2 Å². The summed E-state index contributed by atoms with van der Waals surface area (Å²) in [5, 5.41) is 2.26. The molecule has 0 fully saturated rings. The third-order valence-electron chi connectivity index (χ3n) is 3.76. The summed E-state index contributed by atoms with van der Waals surface area (Å²) in [6.45, 7) is 0. The van der Waals surface area contributed by atoms with Crippen LogP contribution in [0.15, 0.2) is 55.0 Å². The molecule has 0 spiro atoms. The summed E-state index contributed by atoms with van der Waals surface area (Å²) in [5.41, 5.74) is 6.13. The highest BCUT2D eigenvalue weighted by Gasteiger charge is 2.31. The topological polar surface area (TPSA) is 97.0 Å². The van der Waals surface area contributed by atoms with Gasteiger partial charge in [-0.3, -0.25) is 5.32 Å². The third kappa shape index (κ3) is 4.59. The molecule has 0 aliphatic heterocycles. The quantitative estimate of drug-likeness (QED) is 0.517. The normalized spacial score (nSPS) is 10.8. The number of alkyl halides is 3. The molecule has 3 aromatic rings. The Hall–Kier alpha value is -4.13. The van der Waals surface area contributed by atoms with E-state index >= 15 is 0 Å². The number of anilines is 3. The smallest absolute Gasteiger partial charge is 0.368 e. The number of nitrogens with two attached hydrogens (primary N) is 1. The number of urea groups is 1. The minimum atomic E-state index is -4.57. The van der Waals surface area contributed by atoms with E-state index in [2.05, 4.69) is 26.3 Å². The fraction of sp³-hybridized carbons (Fsp3) is 0.0526. The molecule has 2 aromatic heterocycles. The van der Waals surface area contributed by atoms with Gasteiger partial charge in [-0.15, -0.1) is 0 Å². The molecule has 0 unspecified atom stereocenters. The van der Waals surface area contributed by atoms with Crippen molar-refractivity contribution in [2.75, 3.05) is 16.0 Å². The molecule has 146 valence electrons. The van der Waals surface area contributed by atoms with E-state index in [4.69, 9.17) is 12.2 Å². The average Bonchev–Trinajstić information content (AvgIpc) is 2.69. The van der Waals surface area contributed by atoms with E-state index in [0.29, 0.717) is 22.9 Å². The molecule has 0 aliphatic rings. The molecule has 7 nitrogen and oxygen atoms in total. The van der Waals surface area contributed by atoms with Crippen molar-refractivity contribution in [3.05, 3.63) is 60.6 Å². The Balaban J connectivity index is 1.85. The first kappa shape index (κ1) is 19.6. The first-order valence-electron chi connectivity index (χ1n) is 8.06. The Morgan fingerprint density at radius 2 is 1.83 bits per heavy atom. The molecule has 0 bridgehead atoms. The summed E-state index contributed by atoms with van der Waals surface area (Å²) in [6.07, 6.45) is 4.84. The number of nitrogen functional groups attached to an aromatic ring is 1. The molecule has 1 aromatic carbocycles. The van der Waals surface area contributed by atoms with Crippen LogP contribution in [0.5, 0.6) is 0 Å². The number of carbonyl (C=O) groups excluding carboxylic acids is 1. The fourth-order valence-corrected chi connectivity index (χ4v) is 2.40. The van der Waals surface area contributed by atoms with Gasteiger partial charge in [-0.2, -0.15) is 13.2 Å². The number of aromatic nitrogens is 3. The van der Waals surface area contributed by atoms with Crippen molar-refractivity contribution in [2.45, 2.75) is 6.18 Å². The largest absolute Gasteiger partial charge is 0.416 e. The number of pyridine rings is 1. The van der Waals surface area contributed by atoms with Crippen LogP contribution >= 0.6 is 0 Å². The predicted molar refractivity (Wildman–Crippen MR) is 101 cm³/mol. The highest BCUT2D eigenvalue weighted by Crippen LogP contribution is 2.30. The van der Waals surface area contributed by atoms with E-state index in [9.17, 15) is 18.0 Å². The Kier molecular flexibility index (Phi) is 5.32. The average molecular weight is 398 g/mol. The summed E-state index contributed by atoms with van der Waals surface area (Å²) in [7, 11) is 0. The SMILES string of the molecule is C#CN(C(=O)Nc1cc(C(F)(F)F)ccn1)c1cccc(-c2cnc(N)nc2)c1. The van der Waals surface area contributed by atoms with Gasteiger partial charge in [0.2, 0.25) is 5.95 Å². The van der Waals surface area contributed by atoms with Crippen molar-refractivity contribution in [3.63, 3.8) is 0 Å². The number of amides is 2. The second kappa shape index (κ2) is 7.85. The summed E-state index contributed by atoms with van der Waals surface area (Å²) >= 11 is 0. The number of hydrogen-bond donors (Lipinski definition) is 2.